The molecule has 0 aromatic carbocycles. The molecule has 0 aliphatic carbocycles. The van der Waals surface area contributed by atoms with Crippen LogP contribution < -0.4 is 0 Å². The second-order valence-corrected chi connectivity index (χ2v) is 5.55. The molecule has 0 aromatic rings. The third-order valence-electron chi connectivity index (χ3n) is 2.61. The molecule has 130 valence electrons. The third-order valence-corrected chi connectivity index (χ3v) is 2.61. The molecular formula is C20H50. The van der Waals surface area contributed by atoms with Crippen LogP contribution in [0.1, 0.15) is 122 Å². The van der Waals surface area contributed by atoms with Crippen LogP contribution in [-0.4, -0.2) is 0 Å². The highest BCUT2D eigenvalue weighted by molar-refractivity contribution is 4.45. The number of hydrogen-bond acceptors (Lipinski definition) is 0. The summed E-state index contributed by atoms with van der Waals surface area (Å²) in [5, 5.41) is 0. The van der Waals surface area contributed by atoms with Crippen molar-refractivity contribution in [2.45, 2.75) is 122 Å². The fourth-order valence-electron chi connectivity index (χ4n) is 1.31. The highest BCUT2D eigenvalue weighted by Crippen LogP contribution is 2.07. The van der Waals surface area contributed by atoms with Gasteiger partial charge in [0.1, 0.15) is 0 Å². The molecule has 20 heavy (non-hydrogen) atoms. The van der Waals surface area contributed by atoms with E-state index in [1.54, 1.807) is 0 Å². The third kappa shape index (κ3) is 64.2. The van der Waals surface area contributed by atoms with Crippen molar-refractivity contribution in [1.82, 2.24) is 0 Å². The quantitative estimate of drug-likeness (QED) is 0.458. The molecule has 0 radical (unpaired) electrons. The van der Waals surface area contributed by atoms with Crippen molar-refractivity contribution < 1.29 is 0 Å². The highest BCUT2D eigenvalue weighted by atomic mass is 14.0. The van der Waals surface area contributed by atoms with E-state index < -0.39 is 0 Å². The van der Waals surface area contributed by atoms with E-state index in [1.165, 1.54) is 44.9 Å². The summed E-state index contributed by atoms with van der Waals surface area (Å²) in [6.45, 7) is 21.8. The van der Waals surface area contributed by atoms with Crippen molar-refractivity contribution >= 4 is 0 Å². The number of hydrogen-bond donors (Lipinski definition) is 0. The average molecular weight is 291 g/mol. The molecule has 0 saturated heterocycles. The van der Waals surface area contributed by atoms with Crippen molar-refractivity contribution in [3.8, 4) is 0 Å². The number of rotatable bonds is 6. The molecule has 1 atom stereocenters. The van der Waals surface area contributed by atoms with Crippen LogP contribution in [0.4, 0.5) is 0 Å². The van der Waals surface area contributed by atoms with Gasteiger partial charge in [0, 0.05) is 0 Å². The van der Waals surface area contributed by atoms with Crippen LogP contribution in [0.25, 0.3) is 0 Å². The van der Waals surface area contributed by atoms with Gasteiger partial charge in [0.15, 0.2) is 0 Å². The topological polar surface area (TPSA) is 0 Å². The van der Waals surface area contributed by atoms with Crippen molar-refractivity contribution in [3.05, 3.63) is 0 Å². The maximum atomic E-state index is 2.31. The Bertz CT molecular complexity index is 94.2. The molecule has 0 saturated carbocycles. The van der Waals surface area contributed by atoms with E-state index in [9.17, 15) is 0 Å². The summed E-state index contributed by atoms with van der Waals surface area (Å²) >= 11 is 0. The van der Waals surface area contributed by atoms with E-state index in [1.807, 2.05) is 13.8 Å². The van der Waals surface area contributed by atoms with Gasteiger partial charge in [-0.15, -0.1) is 0 Å². The van der Waals surface area contributed by atoms with E-state index >= 15 is 0 Å². The van der Waals surface area contributed by atoms with Crippen LogP contribution in [0, 0.1) is 11.8 Å². The second kappa shape index (κ2) is 36.4. The van der Waals surface area contributed by atoms with Crippen molar-refractivity contribution in [2.24, 2.45) is 11.8 Å². The summed E-state index contributed by atoms with van der Waals surface area (Å²) < 4.78 is 0. The van der Waals surface area contributed by atoms with Gasteiger partial charge in [-0.25, -0.2) is 0 Å². The van der Waals surface area contributed by atoms with Crippen LogP contribution in [0.5, 0.6) is 0 Å². The zero-order chi connectivity index (χ0) is 16.1. The smallest absolute Gasteiger partial charge is 0.0446 e. The van der Waals surface area contributed by atoms with Gasteiger partial charge in [-0.05, 0) is 11.8 Å². The number of unbranched alkanes of at least 4 members (excludes halogenated alkanes) is 1. The van der Waals surface area contributed by atoms with Crippen LogP contribution in [0.2, 0.25) is 0 Å². The Balaban J connectivity index is -0.0000000548. The molecule has 0 bridgehead atoms. The largest absolute Gasteiger partial charge is 0.0776 e. The molecular weight excluding hydrogens is 240 g/mol. The predicted octanol–water partition coefficient (Wildman–Crippen LogP) is 8.74. The Hall–Kier alpha value is 0. The lowest BCUT2D eigenvalue weighted by Crippen LogP contribution is -1.88. The normalized spacial score (nSPS) is 9.75. The van der Waals surface area contributed by atoms with Gasteiger partial charge in [0.25, 0.3) is 0 Å². The van der Waals surface area contributed by atoms with E-state index in [0.29, 0.717) is 0 Å². The van der Waals surface area contributed by atoms with Gasteiger partial charge in [-0.3, -0.25) is 0 Å². The van der Waals surface area contributed by atoms with Crippen LogP contribution in [0.15, 0.2) is 0 Å². The Morgan fingerprint density at radius 2 is 1.10 bits per heavy atom. The molecule has 0 fully saturated rings. The predicted molar refractivity (Wildman–Crippen MR) is 103 cm³/mol. The average Bonchev–Trinajstić information content (AvgIpc) is 2.40. The van der Waals surface area contributed by atoms with E-state index in [-0.39, 0.29) is 7.43 Å². The lowest BCUT2D eigenvalue weighted by Gasteiger charge is -2.02. The summed E-state index contributed by atoms with van der Waals surface area (Å²) in [5.41, 5.74) is 0. The molecule has 0 rings (SSSR count). The van der Waals surface area contributed by atoms with E-state index in [2.05, 4.69) is 55.4 Å². The molecule has 0 heteroatoms. The Morgan fingerprint density at radius 3 is 1.20 bits per heavy atom. The summed E-state index contributed by atoms with van der Waals surface area (Å²) in [7, 11) is 0. The van der Waals surface area contributed by atoms with Crippen LogP contribution in [-0.2, 0) is 0 Å². The first-order valence-corrected chi connectivity index (χ1v) is 8.99. The van der Waals surface area contributed by atoms with Gasteiger partial charge in [-0.2, -0.15) is 0 Å². The monoisotopic (exact) mass is 290 g/mol. The Labute approximate surface area is 134 Å². The first-order chi connectivity index (χ1) is 8.99. The van der Waals surface area contributed by atoms with Crippen LogP contribution in [0.3, 0.4) is 0 Å². The standard InChI is InChI=1S/2C7H16.C3H8.C2H6.CH4/c1-4-5-6-7(2)3;1-4-6-7(3)5-2;1-3-2;1-2;/h2*7H,4-6H2,1-3H3;3H2,1-2H3;1-2H3;1H4/t;7-;;;/m.1.../s1. The van der Waals surface area contributed by atoms with Crippen molar-refractivity contribution in [2.75, 3.05) is 0 Å². The van der Waals surface area contributed by atoms with Crippen molar-refractivity contribution in [1.29, 1.82) is 0 Å². The molecule has 0 aromatic heterocycles. The molecule has 0 aliphatic rings. The van der Waals surface area contributed by atoms with E-state index in [4.69, 9.17) is 0 Å². The molecule has 0 nitrogen and oxygen atoms in total. The first-order valence-electron chi connectivity index (χ1n) is 8.99. The maximum Gasteiger partial charge on any atom is -0.0446 e. The minimum Gasteiger partial charge on any atom is -0.0776 e. The van der Waals surface area contributed by atoms with E-state index in [0.717, 1.165) is 11.8 Å². The fraction of sp³-hybridized carbons (Fsp3) is 1.00. The molecule has 0 aliphatic heterocycles. The minimum absolute atomic E-state index is 0. The second-order valence-electron chi connectivity index (χ2n) is 5.55. The SMILES string of the molecule is C.CC.CCC.CCCCC(C)C.CCC[C@H](C)CC. The first kappa shape index (κ1) is 32.1. The van der Waals surface area contributed by atoms with Gasteiger partial charge in [-0.1, -0.05) is 122 Å². The lowest BCUT2D eigenvalue weighted by atomic mass is 10.0. The van der Waals surface area contributed by atoms with Gasteiger partial charge in [0.05, 0.1) is 0 Å². The van der Waals surface area contributed by atoms with Crippen molar-refractivity contribution in [3.63, 3.8) is 0 Å². The molecule has 0 heterocycles. The van der Waals surface area contributed by atoms with Gasteiger partial charge >= 0.3 is 0 Å². The fourth-order valence-corrected chi connectivity index (χ4v) is 1.31. The van der Waals surface area contributed by atoms with Crippen LogP contribution >= 0.6 is 0 Å². The molecule has 0 N–H and O–H groups in total. The minimum atomic E-state index is 0. The van der Waals surface area contributed by atoms with Gasteiger partial charge < -0.3 is 0 Å². The molecule has 0 amide bonds. The summed E-state index contributed by atoms with van der Waals surface area (Å²) in [6, 6.07) is 0. The zero-order valence-corrected chi connectivity index (χ0v) is 16.1. The zero-order valence-electron chi connectivity index (χ0n) is 16.1. The van der Waals surface area contributed by atoms with Gasteiger partial charge in [0.2, 0.25) is 0 Å². The molecule has 0 spiro atoms. The molecule has 0 unspecified atom stereocenters. The summed E-state index contributed by atoms with van der Waals surface area (Å²) in [5.74, 6) is 1.85. The lowest BCUT2D eigenvalue weighted by molar-refractivity contribution is 0.509. The summed E-state index contributed by atoms with van der Waals surface area (Å²) in [4.78, 5) is 0. The maximum absolute atomic E-state index is 2.31. The Kier molecular flexibility index (Phi) is 58.4. The highest BCUT2D eigenvalue weighted by Gasteiger charge is 1.92. The Morgan fingerprint density at radius 1 is 0.700 bits per heavy atom. The summed E-state index contributed by atoms with van der Waals surface area (Å²) in [6.07, 6.45) is 9.48.